The van der Waals surface area contributed by atoms with E-state index in [1.165, 1.54) is 30.4 Å². The van der Waals surface area contributed by atoms with Crippen LogP contribution in [0.1, 0.15) is 6.92 Å². The molecule has 18 heavy (non-hydrogen) atoms. The van der Waals surface area contributed by atoms with E-state index in [9.17, 15) is 18.0 Å². The van der Waals surface area contributed by atoms with E-state index in [0.717, 1.165) is 0 Å². The molecule has 0 saturated carbocycles. The molecule has 0 unspecified atom stereocenters. The van der Waals surface area contributed by atoms with Crippen molar-refractivity contribution in [3.8, 4) is 5.75 Å². The quantitative estimate of drug-likeness (QED) is 0.843. The number of hydrogen-bond donors (Lipinski definition) is 1. The van der Waals surface area contributed by atoms with Crippen LogP contribution >= 0.6 is 0 Å². The van der Waals surface area contributed by atoms with Crippen molar-refractivity contribution in [3.05, 3.63) is 36.4 Å². The average molecular weight is 259 g/mol. The average Bonchev–Trinajstić information content (AvgIpc) is 2.27. The minimum Gasteiger partial charge on any atom is -0.482 e. The number of alkyl halides is 3. The zero-order valence-corrected chi connectivity index (χ0v) is 9.62. The minimum absolute atomic E-state index is 0.0207. The first-order valence-electron chi connectivity index (χ1n) is 5.14. The second-order valence-electron chi connectivity index (χ2n) is 3.39. The Morgan fingerprint density at radius 1 is 1.39 bits per heavy atom. The fourth-order valence-electron chi connectivity index (χ4n) is 1.18. The maximum absolute atomic E-state index is 12.0. The molecule has 98 valence electrons. The predicted octanol–water partition coefficient (Wildman–Crippen LogP) is 3.14. The maximum Gasteiger partial charge on any atom is 0.422 e. The summed E-state index contributed by atoms with van der Waals surface area (Å²) in [6.45, 7) is 0.259. The van der Waals surface area contributed by atoms with Crippen molar-refractivity contribution in [3.63, 3.8) is 0 Å². The number of carbonyl (C=O) groups is 1. The van der Waals surface area contributed by atoms with E-state index in [4.69, 9.17) is 0 Å². The third kappa shape index (κ3) is 4.90. The lowest BCUT2D eigenvalue weighted by Gasteiger charge is -2.12. The number of allylic oxidation sites excluding steroid dienone is 1. The highest BCUT2D eigenvalue weighted by Crippen LogP contribution is 2.26. The Balaban J connectivity index is 2.76. The molecule has 1 aromatic rings. The number of rotatable bonds is 4. The maximum atomic E-state index is 12.0. The molecular formula is C12H12F3NO2. The van der Waals surface area contributed by atoms with Crippen molar-refractivity contribution < 1.29 is 22.7 Å². The van der Waals surface area contributed by atoms with Crippen molar-refractivity contribution >= 4 is 11.6 Å². The molecule has 0 aliphatic carbocycles. The number of ether oxygens (including phenoxy) is 1. The first-order valence-corrected chi connectivity index (χ1v) is 5.14. The van der Waals surface area contributed by atoms with Crippen LogP contribution in [0.4, 0.5) is 18.9 Å². The number of anilines is 1. The van der Waals surface area contributed by atoms with Crippen LogP contribution in [-0.4, -0.2) is 18.7 Å². The molecule has 0 aliphatic heterocycles. The smallest absolute Gasteiger partial charge is 0.422 e. The van der Waals surface area contributed by atoms with E-state index < -0.39 is 18.7 Å². The van der Waals surface area contributed by atoms with Crippen molar-refractivity contribution in [1.82, 2.24) is 0 Å². The summed E-state index contributed by atoms with van der Waals surface area (Å²) in [5, 5.41) is 2.43. The van der Waals surface area contributed by atoms with E-state index in [1.54, 1.807) is 13.0 Å². The lowest BCUT2D eigenvalue weighted by molar-refractivity contribution is -0.153. The highest BCUT2D eigenvalue weighted by molar-refractivity contribution is 6.00. The summed E-state index contributed by atoms with van der Waals surface area (Å²) >= 11 is 0. The Labute approximate surface area is 102 Å². The minimum atomic E-state index is -4.42. The van der Waals surface area contributed by atoms with Crippen LogP contribution in [-0.2, 0) is 4.79 Å². The second-order valence-corrected chi connectivity index (χ2v) is 3.39. The zero-order valence-electron chi connectivity index (χ0n) is 9.62. The van der Waals surface area contributed by atoms with Gasteiger partial charge in [0.15, 0.2) is 6.61 Å². The SMILES string of the molecule is CC=CC(=O)Nc1ccccc1OCC(F)(F)F. The number of halogens is 3. The summed E-state index contributed by atoms with van der Waals surface area (Å²) in [6, 6.07) is 5.94. The summed E-state index contributed by atoms with van der Waals surface area (Å²) < 4.78 is 40.7. The van der Waals surface area contributed by atoms with E-state index in [-0.39, 0.29) is 11.4 Å². The van der Waals surface area contributed by atoms with Gasteiger partial charge >= 0.3 is 6.18 Å². The highest BCUT2D eigenvalue weighted by atomic mass is 19.4. The van der Waals surface area contributed by atoms with E-state index in [1.807, 2.05) is 0 Å². The van der Waals surface area contributed by atoms with Gasteiger partial charge in [-0.25, -0.2) is 0 Å². The Hall–Kier alpha value is -1.98. The fraction of sp³-hybridized carbons (Fsp3) is 0.250. The van der Waals surface area contributed by atoms with Crippen LogP contribution in [0.25, 0.3) is 0 Å². The molecule has 0 fully saturated rings. The number of para-hydroxylation sites is 2. The molecule has 1 N–H and O–H groups in total. The largest absolute Gasteiger partial charge is 0.482 e. The number of benzene rings is 1. The molecule has 0 aromatic heterocycles. The van der Waals surface area contributed by atoms with Gasteiger partial charge in [-0.3, -0.25) is 4.79 Å². The van der Waals surface area contributed by atoms with Crippen molar-refractivity contribution in [2.75, 3.05) is 11.9 Å². The summed E-state index contributed by atoms with van der Waals surface area (Å²) in [4.78, 5) is 11.3. The molecule has 0 atom stereocenters. The molecule has 0 heterocycles. The van der Waals surface area contributed by atoms with Crippen LogP contribution in [0.2, 0.25) is 0 Å². The molecule has 0 spiro atoms. The Morgan fingerprint density at radius 3 is 2.67 bits per heavy atom. The molecule has 0 aliphatic rings. The molecule has 3 nitrogen and oxygen atoms in total. The number of nitrogens with one attached hydrogen (secondary N) is 1. The van der Waals surface area contributed by atoms with Crippen LogP contribution < -0.4 is 10.1 Å². The predicted molar refractivity (Wildman–Crippen MR) is 61.4 cm³/mol. The second kappa shape index (κ2) is 6.09. The molecule has 1 aromatic carbocycles. The molecule has 0 bridgehead atoms. The molecule has 0 radical (unpaired) electrons. The lowest BCUT2D eigenvalue weighted by atomic mass is 10.3. The van der Waals surface area contributed by atoms with Crippen molar-refractivity contribution in [2.45, 2.75) is 13.1 Å². The third-order valence-electron chi connectivity index (χ3n) is 1.85. The van der Waals surface area contributed by atoms with Crippen LogP contribution in [0, 0.1) is 0 Å². The van der Waals surface area contributed by atoms with Gasteiger partial charge in [-0.1, -0.05) is 18.2 Å². The number of carbonyl (C=O) groups excluding carboxylic acids is 1. The summed E-state index contributed by atoms with van der Waals surface area (Å²) in [7, 11) is 0. The Bertz CT molecular complexity index is 441. The molecule has 0 saturated heterocycles. The van der Waals surface area contributed by atoms with Gasteiger partial charge in [0.1, 0.15) is 5.75 Å². The standard InChI is InChI=1S/C12H12F3NO2/c1-2-5-11(17)16-9-6-3-4-7-10(9)18-8-12(13,14)15/h2-7H,8H2,1H3,(H,16,17). The van der Waals surface area contributed by atoms with Crippen LogP contribution in [0.15, 0.2) is 36.4 Å². The molecular weight excluding hydrogens is 247 g/mol. The van der Waals surface area contributed by atoms with Gasteiger partial charge in [0, 0.05) is 0 Å². The first kappa shape index (κ1) is 14.1. The van der Waals surface area contributed by atoms with Crippen LogP contribution in [0.5, 0.6) is 5.75 Å². The molecule has 1 rings (SSSR count). The van der Waals surface area contributed by atoms with Crippen molar-refractivity contribution in [2.24, 2.45) is 0 Å². The van der Waals surface area contributed by atoms with Gasteiger partial charge < -0.3 is 10.1 Å². The van der Waals surface area contributed by atoms with E-state index in [2.05, 4.69) is 10.1 Å². The normalized spacial score (nSPS) is 11.6. The monoisotopic (exact) mass is 259 g/mol. The van der Waals surface area contributed by atoms with Gasteiger partial charge in [0.25, 0.3) is 0 Å². The summed E-state index contributed by atoms with van der Waals surface area (Å²) in [5.41, 5.74) is 0.199. The first-order chi connectivity index (χ1) is 8.42. The van der Waals surface area contributed by atoms with Crippen molar-refractivity contribution in [1.29, 1.82) is 0 Å². The summed E-state index contributed by atoms with van der Waals surface area (Å²) in [5.74, 6) is -0.451. The Kier molecular flexibility index (Phi) is 4.76. The Morgan fingerprint density at radius 2 is 2.06 bits per heavy atom. The number of hydrogen-bond acceptors (Lipinski definition) is 2. The number of amides is 1. The van der Waals surface area contributed by atoms with E-state index >= 15 is 0 Å². The third-order valence-corrected chi connectivity index (χ3v) is 1.85. The van der Waals surface area contributed by atoms with Gasteiger partial charge in [-0.15, -0.1) is 0 Å². The summed E-state index contributed by atoms with van der Waals surface area (Å²) in [6.07, 6.45) is -1.63. The van der Waals surface area contributed by atoms with Gasteiger partial charge in [0.2, 0.25) is 5.91 Å². The fourth-order valence-corrected chi connectivity index (χ4v) is 1.18. The molecule has 1 amide bonds. The lowest BCUT2D eigenvalue weighted by Crippen LogP contribution is -2.20. The van der Waals surface area contributed by atoms with E-state index in [0.29, 0.717) is 0 Å². The topological polar surface area (TPSA) is 38.3 Å². The van der Waals surface area contributed by atoms with Gasteiger partial charge in [0.05, 0.1) is 5.69 Å². The van der Waals surface area contributed by atoms with Crippen LogP contribution in [0.3, 0.4) is 0 Å². The highest BCUT2D eigenvalue weighted by Gasteiger charge is 2.28. The molecule has 6 heteroatoms. The van der Waals surface area contributed by atoms with Gasteiger partial charge in [-0.2, -0.15) is 13.2 Å². The van der Waals surface area contributed by atoms with Gasteiger partial charge in [-0.05, 0) is 25.1 Å². The zero-order chi connectivity index (χ0) is 13.6.